The minimum absolute atomic E-state index is 0.0815. The lowest BCUT2D eigenvalue weighted by Gasteiger charge is -2.12. The maximum Gasteiger partial charge on any atom is 0.415 e. The first-order valence-electron chi connectivity index (χ1n) is 7.70. The highest BCUT2D eigenvalue weighted by molar-refractivity contribution is 5.90. The number of carbonyl (C=O) groups is 1. The summed E-state index contributed by atoms with van der Waals surface area (Å²) in [7, 11) is 0. The van der Waals surface area contributed by atoms with Crippen molar-refractivity contribution in [2.45, 2.75) is 26.2 Å². The average molecular weight is 342 g/mol. The van der Waals surface area contributed by atoms with Crippen molar-refractivity contribution in [1.82, 2.24) is 15.4 Å². The van der Waals surface area contributed by atoms with E-state index in [0.29, 0.717) is 5.89 Å². The molecule has 1 N–H and O–H groups in total. The molecule has 0 aliphatic rings. The van der Waals surface area contributed by atoms with Crippen LogP contribution in [-0.2, 0) is 10.2 Å². The topological polar surface area (TPSA) is 103 Å². The SMILES string of the molecule is CC(C)(C)c1cc(NC(=O)COc2nnc(-c3ccccc3)o2)on1. The number of aromatic nitrogens is 3. The van der Waals surface area contributed by atoms with E-state index in [1.165, 1.54) is 0 Å². The van der Waals surface area contributed by atoms with Crippen LogP contribution >= 0.6 is 0 Å². The van der Waals surface area contributed by atoms with Crippen LogP contribution in [-0.4, -0.2) is 27.9 Å². The summed E-state index contributed by atoms with van der Waals surface area (Å²) >= 11 is 0. The fourth-order valence-corrected chi connectivity index (χ4v) is 1.95. The maximum atomic E-state index is 11.9. The van der Waals surface area contributed by atoms with Gasteiger partial charge in [-0.05, 0) is 12.1 Å². The largest absolute Gasteiger partial charge is 0.439 e. The molecule has 2 heterocycles. The van der Waals surface area contributed by atoms with Crippen LogP contribution in [0.5, 0.6) is 6.08 Å². The number of amides is 1. The monoisotopic (exact) mass is 342 g/mol. The van der Waals surface area contributed by atoms with Crippen LogP contribution in [0.4, 0.5) is 5.88 Å². The van der Waals surface area contributed by atoms with Gasteiger partial charge in [0.1, 0.15) is 0 Å². The molecule has 3 aromatic rings. The molecule has 2 aromatic heterocycles. The molecule has 1 amide bonds. The van der Waals surface area contributed by atoms with Gasteiger partial charge < -0.3 is 13.7 Å². The van der Waals surface area contributed by atoms with Crippen LogP contribution in [0.15, 0.2) is 45.3 Å². The summed E-state index contributed by atoms with van der Waals surface area (Å²) in [6, 6.07) is 10.9. The average Bonchev–Trinajstić information content (AvgIpc) is 3.23. The second-order valence-corrected chi connectivity index (χ2v) is 6.40. The van der Waals surface area contributed by atoms with Gasteiger partial charge in [-0.25, -0.2) is 0 Å². The first-order valence-corrected chi connectivity index (χ1v) is 7.70. The highest BCUT2D eigenvalue weighted by Gasteiger charge is 2.20. The number of carbonyl (C=O) groups excluding carboxylic acids is 1. The van der Waals surface area contributed by atoms with E-state index in [4.69, 9.17) is 13.7 Å². The Labute approximate surface area is 144 Å². The highest BCUT2D eigenvalue weighted by Crippen LogP contribution is 2.23. The Morgan fingerprint density at radius 2 is 1.96 bits per heavy atom. The van der Waals surface area contributed by atoms with Crippen molar-refractivity contribution in [3.63, 3.8) is 0 Å². The number of hydrogen-bond donors (Lipinski definition) is 1. The second kappa shape index (κ2) is 6.76. The van der Waals surface area contributed by atoms with Crippen molar-refractivity contribution in [2.24, 2.45) is 0 Å². The summed E-state index contributed by atoms with van der Waals surface area (Å²) < 4.78 is 15.6. The first kappa shape index (κ1) is 16.7. The number of nitrogens with one attached hydrogen (secondary N) is 1. The molecular weight excluding hydrogens is 324 g/mol. The fraction of sp³-hybridized carbons (Fsp3) is 0.294. The molecule has 0 fully saturated rings. The summed E-state index contributed by atoms with van der Waals surface area (Å²) in [6.45, 7) is 5.71. The van der Waals surface area contributed by atoms with Gasteiger partial charge in [-0.1, -0.05) is 49.2 Å². The van der Waals surface area contributed by atoms with E-state index in [9.17, 15) is 4.79 Å². The van der Waals surface area contributed by atoms with Crippen molar-refractivity contribution in [2.75, 3.05) is 11.9 Å². The Balaban J connectivity index is 1.54. The zero-order chi connectivity index (χ0) is 17.9. The molecule has 0 atom stereocenters. The Morgan fingerprint density at radius 3 is 2.64 bits per heavy atom. The summed E-state index contributed by atoms with van der Waals surface area (Å²) in [5.74, 6) is 0.158. The lowest BCUT2D eigenvalue weighted by Crippen LogP contribution is -2.20. The summed E-state index contributed by atoms with van der Waals surface area (Å²) in [5, 5.41) is 14.1. The molecule has 0 saturated carbocycles. The molecule has 0 unspecified atom stereocenters. The van der Waals surface area contributed by atoms with Crippen molar-refractivity contribution >= 4 is 11.8 Å². The first-order chi connectivity index (χ1) is 11.9. The molecular formula is C17H18N4O4. The van der Waals surface area contributed by atoms with Crippen LogP contribution < -0.4 is 10.1 Å². The third-order valence-electron chi connectivity index (χ3n) is 3.30. The van der Waals surface area contributed by atoms with E-state index in [-0.39, 0.29) is 24.0 Å². The molecule has 25 heavy (non-hydrogen) atoms. The van der Waals surface area contributed by atoms with Gasteiger partial charge in [-0.3, -0.25) is 10.1 Å². The van der Waals surface area contributed by atoms with E-state index < -0.39 is 5.91 Å². The van der Waals surface area contributed by atoms with Crippen molar-refractivity contribution in [3.8, 4) is 17.5 Å². The lowest BCUT2D eigenvalue weighted by atomic mass is 9.92. The van der Waals surface area contributed by atoms with Crippen LogP contribution in [0, 0.1) is 0 Å². The molecule has 0 aliphatic heterocycles. The molecule has 8 heteroatoms. The van der Waals surface area contributed by atoms with E-state index in [1.54, 1.807) is 6.07 Å². The number of hydrogen-bond acceptors (Lipinski definition) is 7. The molecule has 0 spiro atoms. The number of anilines is 1. The predicted octanol–water partition coefficient (Wildman–Crippen LogP) is 3.04. The quantitative estimate of drug-likeness (QED) is 0.760. The molecule has 0 radical (unpaired) electrons. The van der Waals surface area contributed by atoms with Gasteiger partial charge in [0.15, 0.2) is 6.61 Å². The van der Waals surface area contributed by atoms with Gasteiger partial charge in [0.2, 0.25) is 5.88 Å². The van der Waals surface area contributed by atoms with Gasteiger partial charge in [0.05, 0.1) is 5.69 Å². The van der Waals surface area contributed by atoms with Crippen molar-refractivity contribution in [3.05, 3.63) is 42.1 Å². The molecule has 0 saturated heterocycles. The lowest BCUT2D eigenvalue weighted by molar-refractivity contribution is -0.118. The summed E-state index contributed by atoms with van der Waals surface area (Å²) in [4.78, 5) is 11.9. The maximum absolute atomic E-state index is 11.9. The smallest absolute Gasteiger partial charge is 0.415 e. The van der Waals surface area contributed by atoms with E-state index in [2.05, 4.69) is 20.7 Å². The zero-order valence-corrected chi connectivity index (χ0v) is 14.1. The zero-order valence-electron chi connectivity index (χ0n) is 14.1. The van der Waals surface area contributed by atoms with E-state index >= 15 is 0 Å². The number of ether oxygens (including phenoxy) is 1. The normalized spacial score (nSPS) is 11.3. The molecule has 8 nitrogen and oxygen atoms in total. The molecule has 1 aromatic carbocycles. The van der Waals surface area contributed by atoms with Crippen molar-refractivity contribution < 1.29 is 18.5 Å². The van der Waals surface area contributed by atoms with Gasteiger partial charge >= 0.3 is 6.08 Å². The Hall–Kier alpha value is -3.16. The van der Waals surface area contributed by atoms with E-state index in [0.717, 1.165) is 11.3 Å². The molecule has 0 aliphatic carbocycles. The second-order valence-electron chi connectivity index (χ2n) is 6.40. The third-order valence-corrected chi connectivity index (χ3v) is 3.30. The number of rotatable bonds is 5. The van der Waals surface area contributed by atoms with Gasteiger partial charge in [-0.2, -0.15) is 0 Å². The van der Waals surface area contributed by atoms with Gasteiger partial charge in [0, 0.05) is 17.0 Å². The summed E-state index contributed by atoms with van der Waals surface area (Å²) in [6.07, 6.45) is -0.0815. The van der Waals surface area contributed by atoms with Crippen LogP contribution in [0.2, 0.25) is 0 Å². The molecule has 3 rings (SSSR count). The summed E-state index contributed by atoms with van der Waals surface area (Å²) in [5.41, 5.74) is 1.35. The standard InChI is InChI=1S/C17H18N4O4/c1-17(2,3)12-9-14(25-21-12)18-13(22)10-23-16-20-19-15(24-16)11-7-5-4-6-8-11/h4-9H,10H2,1-3H3,(H,18,22). The predicted molar refractivity (Wildman–Crippen MR) is 89.1 cm³/mol. The number of nitrogens with zero attached hydrogens (tertiary/aromatic N) is 3. The Kier molecular flexibility index (Phi) is 4.51. The molecule has 0 bridgehead atoms. The Bertz CT molecular complexity index is 849. The minimum Gasteiger partial charge on any atom is -0.439 e. The third kappa shape index (κ3) is 4.23. The van der Waals surface area contributed by atoms with Crippen LogP contribution in [0.25, 0.3) is 11.5 Å². The van der Waals surface area contributed by atoms with Gasteiger partial charge in [0.25, 0.3) is 11.8 Å². The minimum atomic E-state index is -0.420. The molecule has 130 valence electrons. The fourth-order valence-electron chi connectivity index (χ4n) is 1.95. The van der Waals surface area contributed by atoms with Crippen molar-refractivity contribution in [1.29, 1.82) is 0 Å². The van der Waals surface area contributed by atoms with Gasteiger partial charge in [-0.15, -0.1) is 5.10 Å². The highest BCUT2D eigenvalue weighted by atomic mass is 16.6. The Morgan fingerprint density at radius 1 is 1.20 bits per heavy atom. The van der Waals surface area contributed by atoms with E-state index in [1.807, 2.05) is 51.1 Å². The van der Waals surface area contributed by atoms with Crippen LogP contribution in [0.3, 0.4) is 0 Å². The number of benzene rings is 1. The van der Waals surface area contributed by atoms with Crippen LogP contribution in [0.1, 0.15) is 26.5 Å².